The van der Waals surface area contributed by atoms with Gasteiger partial charge in [-0.25, -0.2) is 9.97 Å². The first kappa shape index (κ1) is 16.2. The largest absolute Gasteiger partial charge is 0.302 e. The second kappa shape index (κ2) is 6.89. The van der Waals surface area contributed by atoms with Crippen LogP contribution in [0, 0.1) is 0 Å². The fraction of sp³-hybridized carbons (Fsp3) is 0.235. The average molecular weight is 368 g/mol. The predicted molar refractivity (Wildman–Crippen MR) is 99.8 cm³/mol. The summed E-state index contributed by atoms with van der Waals surface area (Å²) >= 11 is 3.26. The molecule has 0 aliphatic rings. The summed E-state index contributed by atoms with van der Waals surface area (Å²) in [7, 11) is 0. The minimum absolute atomic E-state index is 0.783. The first-order valence-electron chi connectivity index (χ1n) is 8.05. The molecule has 0 atom stereocenters. The van der Waals surface area contributed by atoms with Crippen molar-refractivity contribution < 1.29 is 0 Å². The standard InChI is InChI=1S/C17H16N6S2/c1-3-12-9-13-15(24-12)19-10-20-16(13)25-17-22-21-14(23(17)4-2)11-5-7-18-8-6-11/h5-10H,3-4H2,1-2H3. The molecule has 0 saturated heterocycles. The molecule has 0 aliphatic heterocycles. The number of fused-ring (bicyclic) bond motifs is 1. The van der Waals surface area contributed by atoms with Crippen molar-refractivity contribution in [3.8, 4) is 11.4 Å². The highest BCUT2D eigenvalue weighted by molar-refractivity contribution is 7.99. The molecule has 0 aliphatic carbocycles. The van der Waals surface area contributed by atoms with Gasteiger partial charge in [0.1, 0.15) is 16.2 Å². The van der Waals surface area contributed by atoms with E-state index >= 15 is 0 Å². The predicted octanol–water partition coefficient (Wildman–Crippen LogP) is 4.08. The SMILES string of the molecule is CCc1cc2c(Sc3nnc(-c4ccncc4)n3CC)ncnc2s1. The van der Waals surface area contributed by atoms with Crippen LogP contribution in [0.25, 0.3) is 21.6 Å². The summed E-state index contributed by atoms with van der Waals surface area (Å²) in [4.78, 5) is 15.3. The van der Waals surface area contributed by atoms with E-state index in [2.05, 4.69) is 49.6 Å². The van der Waals surface area contributed by atoms with Crippen LogP contribution in [-0.4, -0.2) is 29.7 Å². The number of hydrogen-bond acceptors (Lipinski definition) is 7. The molecule has 0 bridgehead atoms. The minimum Gasteiger partial charge on any atom is -0.302 e. The molecule has 6 nitrogen and oxygen atoms in total. The molecule has 25 heavy (non-hydrogen) atoms. The van der Waals surface area contributed by atoms with Gasteiger partial charge in [0.2, 0.25) is 0 Å². The van der Waals surface area contributed by atoms with E-state index < -0.39 is 0 Å². The van der Waals surface area contributed by atoms with Gasteiger partial charge < -0.3 is 4.57 Å². The van der Waals surface area contributed by atoms with E-state index in [9.17, 15) is 0 Å². The molecular weight excluding hydrogens is 352 g/mol. The molecule has 0 amide bonds. The molecule has 0 radical (unpaired) electrons. The number of rotatable bonds is 5. The van der Waals surface area contributed by atoms with Crippen LogP contribution < -0.4 is 0 Å². The zero-order valence-electron chi connectivity index (χ0n) is 13.9. The molecule has 4 aromatic heterocycles. The van der Waals surface area contributed by atoms with Gasteiger partial charge in [-0.05, 0) is 43.3 Å². The quantitative estimate of drug-likeness (QED) is 0.494. The molecule has 0 fully saturated rings. The van der Waals surface area contributed by atoms with Crippen molar-refractivity contribution in [2.75, 3.05) is 0 Å². The van der Waals surface area contributed by atoms with Gasteiger partial charge in [0, 0.05) is 34.8 Å². The van der Waals surface area contributed by atoms with Crippen LogP contribution >= 0.6 is 23.1 Å². The van der Waals surface area contributed by atoms with E-state index in [1.165, 1.54) is 16.6 Å². The number of hydrogen-bond donors (Lipinski definition) is 0. The third-order valence-electron chi connectivity index (χ3n) is 3.85. The van der Waals surface area contributed by atoms with Gasteiger partial charge in [-0.15, -0.1) is 21.5 Å². The molecule has 0 aromatic carbocycles. The summed E-state index contributed by atoms with van der Waals surface area (Å²) in [5.41, 5.74) is 1.01. The molecule has 0 unspecified atom stereocenters. The first-order chi connectivity index (χ1) is 12.3. The lowest BCUT2D eigenvalue weighted by Gasteiger charge is -2.07. The van der Waals surface area contributed by atoms with E-state index in [1.807, 2.05) is 12.1 Å². The van der Waals surface area contributed by atoms with Gasteiger partial charge in [0.25, 0.3) is 0 Å². The molecule has 4 aromatic rings. The molecule has 4 rings (SSSR count). The van der Waals surface area contributed by atoms with Gasteiger partial charge in [0.05, 0.1) is 0 Å². The Morgan fingerprint density at radius 3 is 2.72 bits per heavy atom. The van der Waals surface area contributed by atoms with Crippen LogP contribution in [0.15, 0.2) is 47.1 Å². The molecule has 126 valence electrons. The summed E-state index contributed by atoms with van der Waals surface area (Å²) < 4.78 is 2.10. The Morgan fingerprint density at radius 1 is 1.12 bits per heavy atom. The van der Waals surface area contributed by atoms with Gasteiger partial charge in [0.15, 0.2) is 11.0 Å². The van der Waals surface area contributed by atoms with Crippen molar-refractivity contribution in [3.05, 3.63) is 41.8 Å². The monoisotopic (exact) mass is 368 g/mol. The van der Waals surface area contributed by atoms with E-state index in [0.29, 0.717) is 0 Å². The smallest absolute Gasteiger partial charge is 0.197 e. The highest BCUT2D eigenvalue weighted by Crippen LogP contribution is 2.35. The normalized spacial score (nSPS) is 11.3. The van der Waals surface area contributed by atoms with Crippen LogP contribution in [0.1, 0.15) is 18.7 Å². The van der Waals surface area contributed by atoms with Crippen molar-refractivity contribution in [1.82, 2.24) is 29.7 Å². The summed E-state index contributed by atoms with van der Waals surface area (Å²) in [5, 5.41) is 11.6. The zero-order chi connectivity index (χ0) is 17.2. The molecule has 0 spiro atoms. The topological polar surface area (TPSA) is 69.4 Å². The second-order valence-electron chi connectivity index (χ2n) is 5.35. The first-order valence-corrected chi connectivity index (χ1v) is 9.68. The number of thiophene rings is 1. The van der Waals surface area contributed by atoms with Gasteiger partial charge in [-0.3, -0.25) is 4.98 Å². The highest BCUT2D eigenvalue weighted by atomic mass is 32.2. The van der Waals surface area contributed by atoms with Gasteiger partial charge >= 0.3 is 0 Å². The van der Waals surface area contributed by atoms with Crippen LogP contribution in [0.3, 0.4) is 0 Å². The number of aryl methyl sites for hydroxylation is 1. The van der Waals surface area contributed by atoms with Crippen LogP contribution in [0.2, 0.25) is 0 Å². The molecule has 0 saturated carbocycles. The maximum absolute atomic E-state index is 4.47. The zero-order valence-corrected chi connectivity index (χ0v) is 15.5. The Balaban J connectivity index is 1.75. The molecule has 8 heteroatoms. The van der Waals surface area contributed by atoms with Crippen molar-refractivity contribution in [2.45, 2.75) is 37.0 Å². The fourth-order valence-electron chi connectivity index (χ4n) is 2.59. The Morgan fingerprint density at radius 2 is 1.96 bits per heavy atom. The van der Waals surface area contributed by atoms with Crippen molar-refractivity contribution in [2.24, 2.45) is 0 Å². The lowest BCUT2D eigenvalue weighted by atomic mass is 10.2. The summed E-state index contributed by atoms with van der Waals surface area (Å²) in [6.07, 6.45) is 6.16. The van der Waals surface area contributed by atoms with Crippen LogP contribution in [-0.2, 0) is 13.0 Å². The minimum atomic E-state index is 0.783. The van der Waals surface area contributed by atoms with Gasteiger partial charge in [-0.2, -0.15) is 0 Å². The second-order valence-corrected chi connectivity index (χ2v) is 7.42. The Labute approximate surface area is 153 Å². The lowest BCUT2D eigenvalue weighted by molar-refractivity contribution is 0.687. The molecule has 0 N–H and O–H groups in total. The summed E-state index contributed by atoms with van der Waals surface area (Å²) in [6, 6.07) is 6.07. The third-order valence-corrected chi connectivity index (χ3v) is 6.04. The van der Waals surface area contributed by atoms with Crippen molar-refractivity contribution in [3.63, 3.8) is 0 Å². The summed E-state index contributed by atoms with van der Waals surface area (Å²) in [5.74, 6) is 0.845. The third kappa shape index (κ3) is 3.03. The van der Waals surface area contributed by atoms with Crippen molar-refractivity contribution >= 4 is 33.3 Å². The molecule has 4 heterocycles. The van der Waals surface area contributed by atoms with Crippen LogP contribution in [0.4, 0.5) is 0 Å². The fourth-order valence-corrected chi connectivity index (χ4v) is 4.53. The van der Waals surface area contributed by atoms with Crippen LogP contribution in [0.5, 0.6) is 0 Å². The average Bonchev–Trinajstić information content (AvgIpc) is 3.26. The Bertz CT molecular complexity index is 1010. The number of nitrogens with zero attached hydrogens (tertiary/aromatic N) is 6. The van der Waals surface area contributed by atoms with E-state index in [4.69, 9.17) is 0 Å². The number of pyridine rings is 1. The molecular formula is C17H16N6S2. The maximum Gasteiger partial charge on any atom is 0.197 e. The Kier molecular flexibility index (Phi) is 4.46. The maximum atomic E-state index is 4.47. The lowest BCUT2D eigenvalue weighted by Crippen LogP contribution is -2.00. The summed E-state index contributed by atoms with van der Waals surface area (Å²) in [6.45, 7) is 5.03. The van der Waals surface area contributed by atoms with E-state index in [-0.39, 0.29) is 0 Å². The van der Waals surface area contributed by atoms with Crippen molar-refractivity contribution in [1.29, 1.82) is 0 Å². The van der Waals surface area contributed by atoms with E-state index in [1.54, 1.807) is 30.1 Å². The number of aromatic nitrogens is 6. The highest BCUT2D eigenvalue weighted by Gasteiger charge is 2.16. The Hall–Kier alpha value is -2.32. The van der Waals surface area contributed by atoms with Gasteiger partial charge in [-0.1, -0.05) is 6.92 Å². The van der Waals surface area contributed by atoms with E-state index in [0.717, 1.165) is 44.8 Å².